The van der Waals surface area contributed by atoms with Gasteiger partial charge in [-0.3, -0.25) is 0 Å². The summed E-state index contributed by atoms with van der Waals surface area (Å²) in [5, 5.41) is 10.8. The van der Waals surface area contributed by atoms with E-state index in [-0.39, 0.29) is 17.2 Å². The normalized spacial score (nSPS) is 33.2. The van der Waals surface area contributed by atoms with Gasteiger partial charge in [-0.05, 0) is 42.4 Å². The number of nitrogens with two attached hydrogens (primary N) is 1. The van der Waals surface area contributed by atoms with E-state index in [2.05, 4.69) is 6.92 Å². The molecular formula is C16H21Cl2NO. The topological polar surface area (TPSA) is 46.2 Å². The highest BCUT2D eigenvalue weighted by atomic mass is 35.5. The SMILES string of the molecule is CC12CCCCCC(Cc3cc(Cl)c(O)c(Cl)c31)C2N. The van der Waals surface area contributed by atoms with E-state index >= 15 is 0 Å². The molecule has 2 aliphatic carbocycles. The number of aromatic hydroxyl groups is 1. The highest BCUT2D eigenvalue weighted by Gasteiger charge is 2.45. The average Bonchev–Trinajstić information content (AvgIpc) is 2.40. The number of phenolic OH excluding ortho intramolecular Hbond substituents is 1. The molecule has 110 valence electrons. The zero-order valence-corrected chi connectivity index (χ0v) is 13.3. The highest BCUT2D eigenvalue weighted by Crippen LogP contribution is 2.51. The van der Waals surface area contributed by atoms with Crippen molar-refractivity contribution in [3.8, 4) is 5.75 Å². The monoisotopic (exact) mass is 313 g/mol. The van der Waals surface area contributed by atoms with Crippen molar-refractivity contribution in [2.24, 2.45) is 11.7 Å². The number of hydrogen-bond acceptors (Lipinski definition) is 2. The Kier molecular flexibility index (Phi) is 3.68. The molecule has 0 heterocycles. The van der Waals surface area contributed by atoms with Crippen LogP contribution in [0.1, 0.15) is 50.2 Å². The molecule has 4 heteroatoms. The average molecular weight is 314 g/mol. The number of fused-ring (bicyclic) bond motifs is 4. The molecular weight excluding hydrogens is 293 g/mol. The summed E-state index contributed by atoms with van der Waals surface area (Å²) in [6, 6.07) is 1.99. The van der Waals surface area contributed by atoms with Crippen LogP contribution in [0.5, 0.6) is 5.75 Å². The van der Waals surface area contributed by atoms with Gasteiger partial charge in [-0.15, -0.1) is 0 Å². The summed E-state index contributed by atoms with van der Waals surface area (Å²) in [6.07, 6.45) is 6.79. The first kappa shape index (κ1) is 14.5. The van der Waals surface area contributed by atoms with Crippen molar-refractivity contribution in [1.29, 1.82) is 0 Å². The molecule has 0 aliphatic heterocycles. The summed E-state index contributed by atoms with van der Waals surface area (Å²) in [7, 11) is 0. The molecule has 1 aromatic carbocycles. The van der Waals surface area contributed by atoms with Gasteiger partial charge >= 0.3 is 0 Å². The van der Waals surface area contributed by atoms with Crippen LogP contribution in [0.4, 0.5) is 0 Å². The molecule has 1 aromatic rings. The van der Waals surface area contributed by atoms with Crippen LogP contribution >= 0.6 is 23.2 Å². The third kappa shape index (κ3) is 2.04. The largest absolute Gasteiger partial charge is 0.505 e. The van der Waals surface area contributed by atoms with Crippen LogP contribution in [0, 0.1) is 5.92 Å². The highest BCUT2D eigenvalue weighted by molar-refractivity contribution is 6.37. The number of halogens is 2. The van der Waals surface area contributed by atoms with Gasteiger partial charge < -0.3 is 10.8 Å². The van der Waals surface area contributed by atoms with Crippen LogP contribution < -0.4 is 5.73 Å². The molecule has 3 N–H and O–H groups in total. The first-order valence-corrected chi connectivity index (χ1v) is 8.16. The van der Waals surface area contributed by atoms with Crippen molar-refractivity contribution < 1.29 is 5.11 Å². The van der Waals surface area contributed by atoms with Crippen LogP contribution in [-0.4, -0.2) is 11.1 Å². The van der Waals surface area contributed by atoms with Gasteiger partial charge in [-0.1, -0.05) is 49.4 Å². The van der Waals surface area contributed by atoms with Gasteiger partial charge in [0.1, 0.15) is 0 Å². The van der Waals surface area contributed by atoms with E-state index in [9.17, 15) is 5.11 Å². The lowest BCUT2D eigenvalue weighted by Crippen LogP contribution is -2.53. The maximum absolute atomic E-state index is 10.1. The van der Waals surface area contributed by atoms with Gasteiger partial charge in [-0.2, -0.15) is 0 Å². The summed E-state index contributed by atoms with van der Waals surface area (Å²) in [5.74, 6) is 0.491. The molecule has 3 unspecified atom stereocenters. The molecule has 0 amide bonds. The second kappa shape index (κ2) is 5.08. The maximum atomic E-state index is 10.1. The molecule has 2 nitrogen and oxygen atoms in total. The second-order valence-electron chi connectivity index (χ2n) is 6.56. The van der Waals surface area contributed by atoms with E-state index < -0.39 is 0 Å². The molecule has 20 heavy (non-hydrogen) atoms. The van der Waals surface area contributed by atoms with Gasteiger partial charge in [0.05, 0.1) is 10.0 Å². The number of benzene rings is 1. The molecule has 3 rings (SSSR count). The fourth-order valence-corrected chi connectivity index (χ4v) is 4.89. The molecule has 0 aromatic heterocycles. The minimum absolute atomic E-state index is 0.000942. The minimum Gasteiger partial charge on any atom is -0.505 e. The minimum atomic E-state index is -0.155. The molecule has 0 spiro atoms. The van der Waals surface area contributed by atoms with Crippen molar-refractivity contribution >= 4 is 23.2 Å². The zero-order valence-electron chi connectivity index (χ0n) is 11.8. The Morgan fingerprint density at radius 2 is 2.05 bits per heavy atom. The smallest absolute Gasteiger partial charge is 0.153 e. The Morgan fingerprint density at radius 3 is 2.80 bits per heavy atom. The molecule has 0 radical (unpaired) electrons. The molecule has 1 saturated carbocycles. The van der Waals surface area contributed by atoms with Gasteiger partial charge in [-0.25, -0.2) is 0 Å². The Labute approximate surface area is 130 Å². The Hall–Kier alpha value is -0.440. The van der Waals surface area contributed by atoms with Gasteiger partial charge in [0.2, 0.25) is 0 Å². The lowest BCUT2D eigenvalue weighted by atomic mass is 9.60. The number of phenols is 1. The fraction of sp³-hybridized carbons (Fsp3) is 0.625. The Bertz CT molecular complexity index is 546. The maximum Gasteiger partial charge on any atom is 0.153 e. The van der Waals surface area contributed by atoms with Crippen molar-refractivity contribution in [3.63, 3.8) is 0 Å². The van der Waals surface area contributed by atoms with Crippen molar-refractivity contribution in [1.82, 2.24) is 0 Å². The lowest BCUT2D eigenvalue weighted by molar-refractivity contribution is 0.201. The third-order valence-corrected chi connectivity index (χ3v) is 6.00. The summed E-state index contributed by atoms with van der Waals surface area (Å²) in [6.45, 7) is 2.20. The molecule has 0 saturated heterocycles. The van der Waals surface area contributed by atoms with Crippen LogP contribution in [0.25, 0.3) is 0 Å². The van der Waals surface area contributed by atoms with Crippen LogP contribution in [0.15, 0.2) is 6.07 Å². The first-order chi connectivity index (χ1) is 9.45. The van der Waals surface area contributed by atoms with E-state index in [0.717, 1.165) is 24.8 Å². The standard InChI is InChI=1S/C16H21Cl2NO/c1-16-6-4-2-3-5-9(15(16)19)7-10-8-11(17)14(20)13(18)12(10)16/h8-9,15,20H,2-7,19H2,1H3. The molecule has 3 atom stereocenters. The van der Waals surface area contributed by atoms with E-state index in [0.29, 0.717) is 16.0 Å². The third-order valence-electron chi connectivity index (χ3n) is 5.34. The van der Waals surface area contributed by atoms with E-state index in [4.69, 9.17) is 28.9 Å². The quantitative estimate of drug-likeness (QED) is 0.744. The van der Waals surface area contributed by atoms with Crippen LogP contribution in [0.2, 0.25) is 10.0 Å². The molecule has 2 bridgehead atoms. The van der Waals surface area contributed by atoms with Gasteiger partial charge in [0, 0.05) is 11.5 Å². The predicted octanol–water partition coefficient (Wildman–Crippen LogP) is 4.42. The summed E-state index contributed by atoms with van der Waals surface area (Å²) in [5.41, 5.74) is 8.64. The first-order valence-electron chi connectivity index (χ1n) is 7.41. The van der Waals surface area contributed by atoms with Gasteiger partial charge in [0.15, 0.2) is 5.75 Å². The van der Waals surface area contributed by atoms with Crippen molar-refractivity contribution in [3.05, 3.63) is 27.2 Å². The Morgan fingerprint density at radius 1 is 1.30 bits per heavy atom. The van der Waals surface area contributed by atoms with E-state index in [1.807, 2.05) is 6.07 Å². The number of rotatable bonds is 0. The van der Waals surface area contributed by atoms with Gasteiger partial charge in [0.25, 0.3) is 0 Å². The second-order valence-corrected chi connectivity index (χ2v) is 7.35. The van der Waals surface area contributed by atoms with Crippen molar-refractivity contribution in [2.45, 2.75) is 56.9 Å². The summed E-state index contributed by atoms with van der Waals surface area (Å²) < 4.78 is 0. The van der Waals surface area contributed by atoms with E-state index in [1.165, 1.54) is 24.8 Å². The van der Waals surface area contributed by atoms with Crippen LogP contribution in [0.3, 0.4) is 0 Å². The predicted molar refractivity (Wildman–Crippen MR) is 83.7 cm³/mol. The number of hydrogen-bond donors (Lipinski definition) is 2. The fourth-order valence-electron chi connectivity index (χ4n) is 4.18. The van der Waals surface area contributed by atoms with Crippen molar-refractivity contribution in [2.75, 3.05) is 0 Å². The lowest BCUT2D eigenvalue weighted by Gasteiger charge is -2.47. The molecule has 1 fully saturated rings. The Balaban J connectivity index is 2.21. The summed E-state index contributed by atoms with van der Waals surface area (Å²) in [4.78, 5) is 0. The summed E-state index contributed by atoms with van der Waals surface area (Å²) >= 11 is 12.5. The molecule has 2 aliphatic rings. The zero-order chi connectivity index (χ0) is 14.5. The van der Waals surface area contributed by atoms with Crippen LogP contribution in [-0.2, 0) is 11.8 Å². The van der Waals surface area contributed by atoms with E-state index in [1.54, 1.807) is 0 Å².